The van der Waals surface area contributed by atoms with E-state index in [2.05, 4.69) is 36.5 Å². The van der Waals surface area contributed by atoms with E-state index in [0.29, 0.717) is 50.9 Å². The predicted octanol–water partition coefficient (Wildman–Crippen LogP) is 4.51. The predicted molar refractivity (Wildman–Crippen MR) is 153 cm³/mol. The first-order chi connectivity index (χ1) is 19.5. The molecular weight excluding hydrogens is 524 g/mol. The smallest absolute Gasteiger partial charge is 0.338 e. The summed E-state index contributed by atoms with van der Waals surface area (Å²) in [5, 5.41) is 11.3. The van der Waals surface area contributed by atoms with Crippen molar-refractivity contribution >= 4 is 34.5 Å². The van der Waals surface area contributed by atoms with Gasteiger partial charge in [-0.25, -0.2) is 14.8 Å². The number of hydrogen-bond donors (Lipinski definition) is 1. The van der Waals surface area contributed by atoms with E-state index in [1.165, 1.54) is 17.3 Å². The molecule has 0 unspecified atom stereocenters. The number of nitrogens with one attached hydrogen (secondary N) is 1. The molecule has 0 saturated carbocycles. The highest BCUT2D eigenvalue weighted by molar-refractivity contribution is 8.13. The van der Waals surface area contributed by atoms with Gasteiger partial charge in [0.05, 0.1) is 17.5 Å². The fraction of sp³-hybridized carbons (Fsp3) is 0.161. The maximum atomic E-state index is 13.4. The average molecular weight is 551 g/mol. The highest BCUT2D eigenvalue weighted by atomic mass is 32.2. The van der Waals surface area contributed by atoms with E-state index in [4.69, 9.17) is 19.2 Å². The first-order valence-corrected chi connectivity index (χ1v) is 13.9. The molecule has 6 rings (SSSR count). The van der Waals surface area contributed by atoms with Crippen molar-refractivity contribution in [2.75, 3.05) is 6.61 Å². The number of para-hydroxylation sites is 1. The lowest BCUT2D eigenvalue weighted by atomic mass is 10.1. The van der Waals surface area contributed by atoms with E-state index in [-0.39, 0.29) is 11.9 Å². The number of carbonyl (C=O) groups is 2. The quantitative estimate of drug-likeness (QED) is 0.355. The Morgan fingerprint density at radius 1 is 1.02 bits per heavy atom. The standard InChI is InChI=1S/C31H26N4O4S/c1-3-38-30(37)22-14-12-21(13-15-22)25-16-17-26(39-25)28-32-24-7-5-4-6-23(24)27-29(36)33-31(34-35(27)28)40-18-20-10-8-19(2)9-11-20/h4-17,28H,3,18H2,1-2H3,(H,33,34,36)/t28-/m0/s1. The zero-order valence-electron chi connectivity index (χ0n) is 22.0. The Morgan fingerprint density at radius 2 is 1.80 bits per heavy atom. The van der Waals surface area contributed by atoms with Crippen molar-refractivity contribution in [1.82, 2.24) is 10.3 Å². The minimum absolute atomic E-state index is 0.241. The lowest BCUT2D eigenvalue weighted by Gasteiger charge is -2.32. The van der Waals surface area contributed by atoms with E-state index >= 15 is 0 Å². The molecule has 0 saturated heterocycles. The summed E-state index contributed by atoms with van der Waals surface area (Å²) in [6.45, 7) is 4.14. The SMILES string of the molecule is CCOC(=O)c1ccc(-c2ccc([C@H]3N=c4ccccc4=C4C(=O)NC(SCc5ccc(C)cc5)=NN43)o2)cc1. The molecule has 9 heteroatoms. The molecule has 1 amide bonds. The molecular formula is C31H26N4O4S. The second-order valence-electron chi connectivity index (χ2n) is 9.35. The summed E-state index contributed by atoms with van der Waals surface area (Å²) in [5.41, 5.74) is 4.03. The molecule has 0 fully saturated rings. The van der Waals surface area contributed by atoms with Crippen LogP contribution in [0.1, 0.15) is 40.3 Å². The van der Waals surface area contributed by atoms with E-state index in [1.807, 2.05) is 48.5 Å². The van der Waals surface area contributed by atoms with Gasteiger partial charge in [0.15, 0.2) is 10.9 Å². The second kappa shape index (κ2) is 10.9. The van der Waals surface area contributed by atoms with Crippen molar-refractivity contribution in [2.45, 2.75) is 25.8 Å². The van der Waals surface area contributed by atoms with Crippen LogP contribution >= 0.6 is 11.8 Å². The van der Waals surface area contributed by atoms with Crippen molar-refractivity contribution in [1.29, 1.82) is 0 Å². The Kier molecular flexibility index (Phi) is 6.96. The van der Waals surface area contributed by atoms with Crippen LogP contribution in [0.3, 0.4) is 0 Å². The van der Waals surface area contributed by atoms with Gasteiger partial charge < -0.3 is 9.15 Å². The van der Waals surface area contributed by atoms with Gasteiger partial charge in [0.25, 0.3) is 5.91 Å². The minimum Gasteiger partial charge on any atom is -0.462 e. The zero-order valence-corrected chi connectivity index (χ0v) is 22.8. The Hall–Kier alpha value is -4.63. The summed E-state index contributed by atoms with van der Waals surface area (Å²) in [4.78, 5) is 30.3. The number of amides is 1. The Balaban J connectivity index is 1.33. The van der Waals surface area contributed by atoms with Crippen molar-refractivity contribution < 1.29 is 18.7 Å². The van der Waals surface area contributed by atoms with Crippen molar-refractivity contribution in [3.8, 4) is 11.3 Å². The minimum atomic E-state index is -0.668. The van der Waals surface area contributed by atoms with Crippen LogP contribution < -0.4 is 15.9 Å². The van der Waals surface area contributed by atoms with Crippen LogP contribution in [0.15, 0.2) is 99.4 Å². The second-order valence-corrected chi connectivity index (χ2v) is 10.3. The van der Waals surface area contributed by atoms with Crippen LogP contribution in [-0.4, -0.2) is 28.7 Å². The van der Waals surface area contributed by atoms with E-state index in [9.17, 15) is 9.59 Å². The molecule has 1 atom stereocenters. The number of esters is 1. The summed E-state index contributed by atoms with van der Waals surface area (Å²) < 4.78 is 11.3. The van der Waals surface area contributed by atoms with Gasteiger partial charge in [0, 0.05) is 16.5 Å². The maximum Gasteiger partial charge on any atom is 0.338 e. The van der Waals surface area contributed by atoms with Crippen molar-refractivity contribution in [2.24, 2.45) is 10.1 Å². The number of furan rings is 1. The van der Waals surface area contributed by atoms with Crippen LogP contribution in [0.4, 0.5) is 0 Å². The van der Waals surface area contributed by atoms with Crippen LogP contribution in [0.2, 0.25) is 0 Å². The van der Waals surface area contributed by atoms with E-state index in [1.54, 1.807) is 24.1 Å². The van der Waals surface area contributed by atoms with E-state index in [0.717, 1.165) is 11.1 Å². The van der Waals surface area contributed by atoms with E-state index < -0.39 is 6.17 Å². The number of carbonyl (C=O) groups excluding carboxylic acids is 2. The van der Waals surface area contributed by atoms with Gasteiger partial charge in [-0.1, -0.05) is 71.9 Å². The summed E-state index contributed by atoms with van der Waals surface area (Å²) in [6.07, 6.45) is -0.668. The molecule has 0 bridgehead atoms. The third-order valence-electron chi connectivity index (χ3n) is 6.57. The first-order valence-electron chi connectivity index (χ1n) is 12.9. The lowest BCUT2D eigenvalue weighted by molar-refractivity contribution is -0.116. The maximum absolute atomic E-state index is 13.4. The number of nitrogens with zero attached hydrogens (tertiary/aromatic N) is 3. The number of rotatable bonds is 6. The molecule has 4 aromatic rings. The molecule has 3 aromatic carbocycles. The lowest BCUT2D eigenvalue weighted by Crippen LogP contribution is -2.50. The number of hydrazone groups is 1. The highest BCUT2D eigenvalue weighted by Crippen LogP contribution is 2.34. The molecule has 2 aliphatic heterocycles. The number of aryl methyl sites for hydroxylation is 1. The van der Waals surface area contributed by atoms with Crippen molar-refractivity contribution in [3.05, 3.63) is 118 Å². The molecule has 40 heavy (non-hydrogen) atoms. The highest BCUT2D eigenvalue weighted by Gasteiger charge is 2.36. The number of thioether (sulfide) groups is 1. The molecule has 1 aromatic heterocycles. The Labute approximate surface area is 235 Å². The summed E-state index contributed by atoms with van der Waals surface area (Å²) in [5.74, 6) is 1.20. The molecule has 3 heterocycles. The normalized spacial score (nSPS) is 15.9. The number of benzene rings is 3. The summed E-state index contributed by atoms with van der Waals surface area (Å²) in [6, 6.07) is 26.5. The Morgan fingerprint density at radius 3 is 2.58 bits per heavy atom. The van der Waals surface area contributed by atoms with Gasteiger partial charge in [-0.15, -0.1) is 5.10 Å². The number of hydrogen-bond acceptors (Lipinski definition) is 8. The van der Waals surface area contributed by atoms with Gasteiger partial charge >= 0.3 is 5.97 Å². The average Bonchev–Trinajstić information content (AvgIpc) is 3.47. The summed E-state index contributed by atoms with van der Waals surface area (Å²) >= 11 is 1.46. The molecule has 0 aliphatic carbocycles. The van der Waals surface area contributed by atoms with Gasteiger partial charge in [-0.05, 0) is 49.7 Å². The molecule has 0 radical (unpaired) electrons. The van der Waals surface area contributed by atoms with Gasteiger partial charge in [0.2, 0.25) is 6.17 Å². The van der Waals surface area contributed by atoms with Crippen molar-refractivity contribution in [3.63, 3.8) is 0 Å². The summed E-state index contributed by atoms with van der Waals surface area (Å²) in [7, 11) is 0. The largest absolute Gasteiger partial charge is 0.462 e. The number of amidine groups is 1. The van der Waals surface area contributed by atoms with Gasteiger partial charge in [-0.3, -0.25) is 10.1 Å². The van der Waals surface area contributed by atoms with Gasteiger partial charge in [0.1, 0.15) is 11.5 Å². The molecule has 0 spiro atoms. The van der Waals surface area contributed by atoms with Crippen LogP contribution in [0, 0.1) is 6.92 Å². The third-order valence-corrected chi connectivity index (χ3v) is 7.51. The van der Waals surface area contributed by atoms with Crippen LogP contribution in [0.25, 0.3) is 17.0 Å². The topological polar surface area (TPSA) is 96.5 Å². The third kappa shape index (κ3) is 5.03. The number of ether oxygens (including phenoxy) is 1. The number of fused-ring (bicyclic) bond motifs is 2. The fourth-order valence-corrected chi connectivity index (χ4v) is 5.35. The van der Waals surface area contributed by atoms with Gasteiger partial charge in [-0.2, -0.15) is 0 Å². The Bertz CT molecular complexity index is 1740. The zero-order chi connectivity index (χ0) is 27.6. The molecule has 1 N–H and O–H groups in total. The van der Waals surface area contributed by atoms with Crippen LogP contribution in [-0.2, 0) is 15.3 Å². The monoisotopic (exact) mass is 550 g/mol. The molecule has 8 nitrogen and oxygen atoms in total. The fourth-order valence-electron chi connectivity index (χ4n) is 4.55. The first kappa shape index (κ1) is 25.6. The van der Waals surface area contributed by atoms with Crippen LogP contribution in [0.5, 0.6) is 0 Å². The molecule has 2 aliphatic rings. The molecule has 200 valence electrons.